The van der Waals surface area contributed by atoms with Crippen LogP contribution in [0.5, 0.6) is 0 Å². The monoisotopic (exact) mass is 450 g/mol. The molecule has 0 unspecified atom stereocenters. The van der Waals surface area contributed by atoms with Crippen LogP contribution in [0.4, 0.5) is 4.39 Å². The Morgan fingerprint density at radius 3 is 2.47 bits per heavy atom. The molecule has 4 rings (SSSR count). The van der Waals surface area contributed by atoms with E-state index in [4.69, 9.17) is 0 Å². The summed E-state index contributed by atoms with van der Waals surface area (Å²) in [6.45, 7) is 4.35. The molecule has 0 aromatic heterocycles. The molecule has 3 saturated carbocycles. The van der Waals surface area contributed by atoms with Crippen molar-refractivity contribution in [3.05, 3.63) is 23.3 Å². The molecule has 4 aliphatic carbocycles. The van der Waals surface area contributed by atoms with Crippen molar-refractivity contribution in [2.24, 2.45) is 34.5 Å². The van der Waals surface area contributed by atoms with E-state index in [1.807, 2.05) is 0 Å². The Balaban J connectivity index is 1.84. The highest BCUT2D eigenvalue weighted by Crippen LogP contribution is 2.69. The van der Waals surface area contributed by atoms with Gasteiger partial charge in [0.15, 0.2) is 11.6 Å². The lowest BCUT2D eigenvalue weighted by Gasteiger charge is -2.61. The Morgan fingerprint density at radius 2 is 1.88 bits per heavy atom. The molecule has 8 heteroatoms. The first-order valence-corrected chi connectivity index (χ1v) is 11.2. The van der Waals surface area contributed by atoms with Crippen LogP contribution in [0.25, 0.3) is 0 Å². The predicted octanol–water partition coefficient (Wildman–Crippen LogP) is 1.60. The maximum Gasteiger partial charge on any atom is 0.307 e. The topological polar surface area (TPSA) is 132 Å². The third kappa shape index (κ3) is 2.78. The normalized spacial score (nSPS) is 47.7. The first kappa shape index (κ1) is 23.3. The smallest absolute Gasteiger partial charge is 0.307 e. The SMILES string of the molecule is C[C@H]1C[C@H]2[C@@H]3C[C@H](F)C4=CC(=O)C=C(CC(=O)O)[C@]4(C)[C@H]3[C@@H](O)C[C@]2(C)[C@@]1(O)C(=O)CO. The molecule has 0 aliphatic heterocycles. The van der Waals surface area contributed by atoms with Crippen molar-refractivity contribution in [2.45, 2.75) is 64.3 Å². The fraction of sp³-hybridized carbons (Fsp3) is 0.708. The quantitative estimate of drug-likeness (QED) is 0.511. The third-order valence-electron chi connectivity index (χ3n) is 9.31. The van der Waals surface area contributed by atoms with Gasteiger partial charge in [-0.15, -0.1) is 0 Å². The number of aliphatic hydroxyl groups excluding tert-OH is 2. The van der Waals surface area contributed by atoms with Crippen LogP contribution in [0.3, 0.4) is 0 Å². The third-order valence-corrected chi connectivity index (χ3v) is 9.31. The van der Waals surface area contributed by atoms with Gasteiger partial charge in [0, 0.05) is 16.7 Å². The minimum atomic E-state index is -1.84. The molecule has 4 N–H and O–H groups in total. The molecule has 0 aromatic carbocycles. The van der Waals surface area contributed by atoms with Crippen molar-refractivity contribution < 1.29 is 39.2 Å². The summed E-state index contributed by atoms with van der Waals surface area (Å²) >= 11 is 0. The van der Waals surface area contributed by atoms with Crippen molar-refractivity contribution in [1.82, 2.24) is 0 Å². The molecule has 0 heterocycles. The maximum absolute atomic E-state index is 15.6. The first-order chi connectivity index (χ1) is 14.8. The number of hydrogen-bond donors (Lipinski definition) is 4. The van der Waals surface area contributed by atoms with Crippen LogP contribution in [0.15, 0.2) is 23.3 Å². The van der Waals surface area contributed by atoms with Gasteiger partial charge in [-0.1, -0.05) is 20.8 Å². The molecule has 176 valence electrons. The number of aliphatic carboxylic acids is 1. The van der Waals surface area contributed by atoms with Gasteiger partial charge >= 0.3 is 5.97 Å². The van der Waals surface area contributed by atoms with Crippen LogP contribution < -0.4 is 0 Å². The number of ketones is 2. The number of rotatable bonds is 4. The van der Waals surface area contributed by atoms with Crippen molar-refractivity contribution in [3.8, 4) is 0 Å². The summed E-state index contributed by atoms with van der Waals surface area (Å²) in [7, 11) is 0. The Labute approximate surface area is 186 Å². The van der Waals surface area contributed by atoms with Gasteiger partial charge in [0.25, 0.3) is 0 Å². The number of allylic oxidation sites excluding steroid dienone is 3. The standard InChI is InChI=1S/C24H31FO7/c1-11-4-15-14-8-17(25)16-7-13(27)5-12(6-20(30)31)23(16,3)21(14)18(28)9-22(15,2)24(11,32)19(29)10-26/h5,7,11,14-15,17-18,21,26,28,32H,4,6,8-10H2,1-3H3,(H,30,31)/t11-,14-,15-,17-,18-,21+,22-,23-,24-/m0/s1. The van der Waals surface area contributed by atoms with E-state index in [9.17, 15) is 34.8 Å². The van der Waals surface area contributed by atoms with Crippen molar-refractivity contribution in [2.75, 3.05) is 6.61 Å². The second-order valence-corrected chi connectivity index (χ2v) is 10.6. The summed E-state index contributed by atoms with van der Waals surface area (Å²) < 4.78 is 15.6. The summed E-state index contributed by atoms with van der Waals surface area (Å²) in [6, 6.07) is 0. The maximum atomic E-state index is 15.6. The number of halogens is 1. The number of hydrogen-bond acceptors (Lipinski definition) is 6. The summed E-state index contributed by atoms with van der Waals surface area (Å²) in [6.07, 6.45) is -0.0251. The number of carbonyl (C=O) groups excluding carboxylic acids is 2. The second-order valence-electron chi connectivity index (χ2n) is 10.6. The molecule has 32 heavy (non-hydrogen) atoms. The number of alkyl halides is 1. The van der Waals surface area contributed by atoms with E-state index in [2.05, 4.69) is 0 Å². The molecule has 9 atom stereocenters. The largest absolute Gasteiger partial charge is 0.481 e. The summed E-state index contributed by atoms with van der Waals surface area (Å²) in [5.74, 6) is -4.10. The average Bonchev–Trinajstić information content (AvgIpc) is 2.90. The summed E-state index contributed by atoms with van der Waals surface area (Å²) in [5.41, 5.74) is -3.58. The number of aliphatic hydroxyl groups is 3. The van der Waals surface area contributed by atoms with Gasteiger partial charge in [-0.25, -0.2) is 4.39 Å². The fourth-order valence-corrected chi connectivity index (χ4v) is 7.98. The van der Waals surface area contributed by atoms with E-state index < -0.39 is 77.0 Å². The highest BCUT2D eigenvalue weighted by Gasteiger charge is 2.71. The Morgan fingerprint density at radius 1 is 1.22 bits per heavy atom. The van der Waals surface area contributed by atoms with Gasteiger partial charge in [0.1, 0.15) is 18.4 Å². The molecule has 0 bridgehead atoms. The van der Waals surface area contributed by atoms with Crippen LogP contribution in [-0.2, 0) is 14.4 Å². The minimum Gasteiger partial charge on any atom is -0.481 e. The molecule has 7 nitrogen and oxygen atoms in total. The van der Waals surface area contributed by atoms with Gasteiger partial charge in [-0.2, -0.15) is 0 Å². The zero-order valence-corrected chi connectivity index (χ0v) is 18.5. The van der Waals surface area contributed by atoms with Crippen LogP contribution >= 0.6 is 0 Å². The molecular formula is C24H31FO7. The molecule has 0 amide bonds. The number of carboxylic acid groups (broad SMARTS) is 1. The van der Waals surface area contributed by atoms with Crippen LogP contribution in [0.1, 0.15) is 46.5 Å². The van der Waals surface area contributed by atoms with Gasteiger partial charge in [-0.05, 0) is 60.3 Å². The fourth-order valence-electron chi connectivity index (χ4n) is 7.98. The Hall–Kier alpha value is -1.90. The number of fused-ring (bicyclic) bond motifs is 5. The highest BCUT2D eigenvalue weighted by atomic mass is 19.1. The van der Waals surface area contributed by atoms with Crippen molar-refractivity contribution in [3.63, 3.8) is 0 Å². The number of carbonyl (C=O) groups is 3. The van der Waals surface area contributed by atoms with Crippen LogP contribution in [0, 0.1) is 34.5 Å². The zero-order valence-electron chi connectivity index (χ0n) is 18.5. The predicted molar refractivity (Wildman–Crippen MR) is 111 cm³/mol. The number of Topliss-reactive ketones (excluding diaryl/α,β-unsaturated/α-hetero) is 1. The molecule has 0 saturated heterocycles. The molecule has 3 fully saturated rings. The van der Waals surface area contributed by atoms with E-state index in [-0.39, 0.29) is 29.9 Å². The summed E-state index contributed by atoms with van der Waals surface area (Å²) in [4.78, 5) is 36.5. The van der Waals surface area contributed by atoms with Gasteiger partial charge in [-0.3, -0.25) is 14.4 Å². The van der Waals surface area contributed by atoms with Crippen LogP contribution in [0.2, 0.25) is 0 Å². The summed E-state index contributed by atoms with van der Waals surface area (Å²) in [5, 5.41) is 41.9. The van der Waals surface area contributed by atoms with E-state index in [0.29, 0.717) is 6.42 Å². The Bertz CT molecular complexity index is 941. The lowest BCUT2D eigenvalue weighted by atomic mass is 9.44. The highest BCUT2D eigenvalue weighted by molar-refractivity contribution is 6.02. The van der Waals surface area contributed by atoms with Crippen molar-refractivity contribution in [1.29, 1.82) is 0 Å². The lowest BCUT2D eigenvalue weighted by molar-refractivity contribution is -0.186. The molecular weight excluding hydrogens is 419 g/mol. The Kier molecular flexibility index (Phi) is 5.31. The first-order valence-electron chi connectivity index (χ1n) is 11.2. The minimum absolute atomic E-state index is 0.0210. The molecule has 0 aromatic rings. The van der Waals surface area contributed by atoms with Crippen molar-refractivity contribution >= 4 is 17.5 Å². The van der Waals surface area contributed by atoms with E-state index in [1.165, 1.54) is 12.2 Å². The van der Waals surface area contributed by atoms with E-state index in [1.54, 1.807) is 20.8 Å². The van der Waals surface area contributed by atoms with Gasteiger partial charge < -0.3 is 20.4 Å². The molecule has 4 aliphatic rings. The molecule has 0 spiro atoms. The lowest BCUT2D eigenvalue weighted by Crippen LogP contribution is -2.64. The van der Waals surface area contributed by atoms with E-state index >= 15 is 4.39 Å². The average molecular weight is 451 g/mol. The van der Waals surface area contributed by atoms with E-state index in [0.717, 1.165) is 0 Å². The zero-order chi connectivity index (χ0) is 23.8. The van der Waals surface area contributed by atoms with Gasteiger partial charge in [0.05, 0.1) is 12.5 Å². The number of carboxylic acids is 1. The van der Waals surface area contributed by atoms with Gasteiger partial charge in [0.2, 0.25) is 0 Å². The van der Waals surface area contributed by atoms with Crippen LogP contribution in [-0.4, -0.2) is 62.4 Å². The second kappa shape index (κ2) is 7.30. The molecule has 0 radical (unpaired) electrons.